The summed E-state index contributed by atoms with van der Waals surface area (Å²) in [7, 11) is 0. The van der Waals surface area contributed by atoms with Crippen LogP contribution < -0.4 is 10.1 Å². The van der Waals surface area contributed by atoms with Crippen molar-refractivity contribution in [3.8, 4) is 11.6 Å². The molecule has 0 aliphatic carbocycles. The number of hydrogen-bond acceptors (Lipinski definition) is 3. The van der Waals surface area contributed by atoms with Crippen molar-refractivity contribution in [2.24, 2.45) is 0 Å². The minimum atomic E-state index is -0.614. The lowest BCUT2D eigenvalue weighted by atomic mass is 10.1. The molecule has 1 aromatic heterocycles. The number of rotatable bonds is 4. The first-order valence-corrected chi connectivity index (χ1v) is 7.74. The highest BCUT2D eigenvalue weighted by Gasteiger charge is 2.11. The van der Waals surface area contributed by atoms with E-state index in [-0.39, 0.29) is 9.52 Å². The summed E-state index contributed by atoms with van der Waals surface area (Å²) in [5, 5.41) is 2.23. The summed E-state index contributed by atoms with van der Waals surface area (Å²) in [5.41, 5.74) is 2.61. The standard InChI is InChI=1S/C16H13Cl3N2O2/c1-9-4-3-5-12(10(9)2)23-13-7-6-11(8-20-13)21-16(22)14(17)15(18)19/h3-8H,1-2H3,(H,21,22). The van der Waals surface area contributed by atoms with Crippen LogP contribution in [0.1, 0.15) is 11.1 Å². The Morgan fingerprint density at radius 2 is 1.87 bits per heavy atom. The molecule has 7 heteroatoms. The molecule has 2 rings (SSSR count). The van der Waals surface area contributed by atoms with Gasteiger partial charge in [-0.1, -0.05) is 46.9 Å². The van der Waals surface area contributed by atoms with Gasteiger partial charge in [-0.05, 0) is 37.1 Å². The Labute approximate surface area is 149 Å². The number of pyridine rings is 1. The number of ether oxygens (including phenoxy) is 1. The molecule has 120 valence electrons. The lowest BCUT2D eigenvalue weighted by Crippen LogP contribution is -2.12. The van der Waals surface area contributed by atoms with Crippen molar-refractivity contribution in [2.45, 2.75) is 13.8 Å². The van der Waals surface area contributed by atoms with Crippen molar-refractivity contribution in [2.75, 3.05) is 5.32 Å². The molecule has 0 atom stereocenters. The molecule has 1 N–H and O–H groups in total. The van der Waals surface area contributed by atoms with E-state index in [0.29, 0.717) is 11.6 Å². The van der Waals surface area contributed by atoms with Gasteiger partial charge in [0.2, 0.25) is 5.88 Å². The molecule has 1 aromatic carbocycles. The van der Waals surface area contributed by atoms with Gasteiger partial charge in [-0.2, -0.15) is 0 Å². The van der Waals surface area contributed by atoms with Gasteiger partial charge in [0, 0.05) is 6.07 Å². The molecule has 0 aliphatic rings. The molecule has 0 fully saturated rings. The Bertz CT molecular complexity index is 754. The van der Waals surface area contributed by atoms with Crippen molar-refractivity contribution in [3.63, 3.8) is 0 Å². The number of benzene rings is 1. The third-order valence-electron chi connectivity index (χ3n) is 3.13. The molecule has 0 spiro atoms. The summed E-state index contributed by atoms with van der Waals surface area (Å²) in [5.74, 6) is 0.527. The molecule has 0 bridgehead atoms. The molecule has 0 aliphatic heterocycles. The van der Waals surface area contributed by atoms with Crippen LogP contribution in [0.5, 0.6) is 11.6 Å². The third-order valence-corrected chi connectivity index (χ3v) is 4.06. The molecule has 4 nitrogen and oxygen atoms in total. The fraction of sp³-hybridized carbons (Fsp3) is 0.125. The molecule has 0 saturated carbocycles. The second-order valence-corrected chi connectivity index (χ2v) is 6.04. The number of nitrogens with one attached hydrogen (secondary N) is 1. The minimum absolute atomic E-state index is 0.288. The summed E-state index contributed by atoms with van der Waals surface area (Å²) in [6.07, 6.45) is 1.45. The molecule has 0 radical (unpaired) electrons. The zero-order chi connectivity index (χ0) is 17.0. The number of nitrogens with zero attached hydrogens (tertiary/aromatic N) is 1. The fourth-order valence-corrected chi connectivity index (χ4v) is 1.95. The summed E-state index contributed by atoms with van der Waals surface area (Å²) in [4.78, 5) is 15.8. The van der Waals surface area contributed by atoms with Crippen molar-refractivity contribution in [1.82, 2.24) is 4.98 Å². The van der Waals surface area contributed by atoms with E-state index >= 15 is 0 Å². The Hall–Kier alpha value is -1.75. The second-order valence-electron chi connectivity index (χ2n) is 4.71. The minimum Gasteiger partial charge on any atom is -0.439 e. The van der Waals surface area contributed by atoms with E-state index in [4.69, 9.17) is 39.5 Å². The summed E-state index contributed by atoms with van der Waals surface area (Å²) >= 11 is 16.5. The average Bonchev–Trinajstić information content (AvgIpc) is 2.52. The predicted octanol–water partition coefficient (Wildman–Crippen LogP) is 5.31. The van der Waals surface area contributed by atoms with Crippen LogP contribution in [0, 0.1) is 13.8 Å². The number of aromatic nitrogens is 1. The Morgan fingerprint density at radius 1 is 1.13 bits per heavy atom. The number of anilines is 1. The third kappa shape index (κ3) is 4.61. The molecule has 0 unspecified atom stereocenters. The topological polar surface area (TPSA) is 51.2 Å². The molecule has 2 aromatic rings. The first kappa shape index (κ1) is 17.6. The number of halogens is 3. The highest BCUT2D eigenvalue weighted by atomic mass is 35.5. The molecule has 23 heavy (non-hydrogen) atoms. The molecule has 0 saturated heterocycles. The van der Waals surface area contributed by atoms with Crippen molar-refractivity contribution in [1.29, 1.82) is 0 Å². The normalized spacial score (nSPS) is 10.1. The van der Waals surface area contributed by atoms with E-state index in [0.717, 1.165) is 16.9 Å². The van der Waals surface area contributed by atoms with Gasteiger partial charge >= 0.3 is 0 Å². The largest absolute Gasteiger partial charge is 0.439 e. The molecular weight excluding hydrogens is 359 g/mol. The number of amides is 1. The maximum Gasteiger partial charge on any atom is 0.269 e. The highest BCUT2D eigenvalue weighted by Crippen LogP contribution is 2.26. The van der Waals surface area contributed by atoms with Gasteiger partial charge in [-0.3, -0.25) is 4.79 Å². The average molecular weight is 372 g/mol. The van der Waals surface area contributed by atoms with E-state index in [1.807, 2.05) is 32.0 Å². The van der Waals surface area contributed by atoms with E-state index in [1.54, 1.807) is 12.1 Å². The van der Waals surface area contributed by atoms with Crippen LogP contribution >= 0.6 is 34.8 Å². The summed E-state index contributed by atoms with van der Waals surface area (Å²) in [6.45, 7) is 3.98. The first-order valence-electron chi connectivity index (χ1n) is 6.60. The van der Waals surface area contributed by atoms with Gasteiger partial charge in [-0.15, -0.1) is 0 Å². The predicted molar refractivity (Wildman–Crippen MR) is 93.4 cm³/mol. The Balaban J connectivity index is 2.10. The maximum atomic E-state index is 11.7. The quantitative estimate of drug-likeness (QED) is 0.740. The number of hydrogen-bond donors (Lipinski definition) is 1. The van der Waals surface area contributed by atoms with Crippen molar-refractivity contribution in [3.05, 3.63) is 57.2 Å². The van der Waals surface area contributed by atoms with Crippen LogP contribution in [-0.4, -0.2) is 10.9 Å². The lowest BCUT2D eigenvalue weighted by Gasteiger charge is -2.10. The van der Waals surface area contributed by atoms with E-state index in [9.17, 15) is 4.79 Å². The van der Waals surface area contributed by atoms with Gasteiger partial charge < -0.3 is 10.1 Å². The Morgan fingerprint density at radius 3 is 2.48 bits per heavy atom. The number of carbonyl (C=O) groups excluding carboxylic acids is 1. The summed E-state index contributed by atoms with van der Waals surface area (Å²) in [6, 6.07) is 9.06. The van der Waals surface area contributed by atoms with Crippen LogP contribution in [0.25, 0.3) is 0 Å². The molecule has 1 heterocycles. The monoisotopic (exact) mass is 370 g/mol. The van der Waals surface area contributed by atoms with Crippen LogP contribution in [-0.2, 0) is 4.79 Å². The van der Waals surface area contributed by atoms with E-state index in [1.165, 1.54) is 6.20 Å². The highest BCUT2D eigenvalue weighted by molar-refractivity contribution is 6.63. The van der Waals surface area contributed by atoms with Crippen molar-refractivity contribution >= 4 is 46.4 Å². The van der Waals surface area contributed by atoms with Crippen LogP contribution in [0.2, 0.25) is 0 Å². The number of aryl methyl sites for hydroxylation is 1. The van der Waals surface area contributed by atoms with E-state index < -0.39 is 5.91 Å². The van der Waals surface area contributed by atoms with Gasteiger partial charge in [-0.25, -0.2) is 4.98 Å². The smallest absolute Gasteiger partial charge is 0.269 e. The fourth-order valence-electron chi connectivity index (χ4n) is 1.73. The van der Waals surface area contributed by atoms with Gasteiger partial charge in [0.25, 0.3) is 5.91 Å². The molecular formula is C16H13Cl3N2O2. The van der Waals surface area contributed by atoms with Crippen molar-refractivity contribution < 1.29 is 9.53 Å². The number of carbonyl (C=O) groups is 1. The Kier molecular flexibility index (Phi) is 5.88. The first-order chi connectivity index (χ1) is 10.9. The zero-order valence-corrected chi connectivity index (χ0v) is 14.6. The van der Waals surface area contributed by atoms with Gasteiger partial charge in [0.05, 0.1) is 11.9 Å². The van der Waals surface area contributed by atoms with Gasteiger partial charge in [0.1, 0.15) is 15.3 Å². The molecule has 1 amide bonds. The van der Waals surface area contributed by atoms with E-state index in [2.05, 4.69) is 10.3 Å². The SMILES string of the molecule is Cc1cccc(Oc2ccc(NC(=O)C(Cl)=C(Cl)Cl)cn2)c1C. The second kappa shape index (κ2) is 7.68. The van der Waals surface area contributed by atoms with Crippen LogP contribution in [0.15, 0.2) is 46.1 Å². The van der Waals surface area contributed by atoms with Crippen LogP contribution in [0.3, 0.4) is 0 Å². The summed E-state index contributed by atoms with van der Waals surface area (Å²) < 4.78 is 5.44. The van der Waals surface area contributed by atoms with Gasteiger partial charge in [0.15, 0.2) is 0 Å². The lowest BCUT2D eigenvalue weighted by molar-refractivity contribution is -0.112. The zero-order valence-electron chi connectivity index (χ0n) is 12.4. The maximum absolute atomic E-state index is 11.7. The van der Waals surface area contributed by atoms with Crippen LogP contribution in [0.4, 0.5) is 5.69 Å².